The maximum atomic E-state index is 12.1. The molecule has 0 bridgehead atoms. The van der Waals surface area contributed by atoms with Crippen molar-refractivity contribution in [1.82, 2.24) is 0 Å². The minimum atomic E-state index is -4.90. The highest BCUT2D eigenvalue weighted by Gasteiger charge is 2.38. The van der Waals surface area contributed by atoms with Gasteiger partial charge in [0.25, 0.3) is 0 Å². The summed E-state index contributed by atoms with van der Waals surface area (Å²) >= 11 is 0. The predicted octanol–water partition coefficient (Wildman–Crippen LogP) is 3.09. The number of carbonyl (C=O) groups is 1. The summed E-state index contributed by atoms with van der Waals surface area (Å²) in [4.78, 5) is 10.7. The highest BCUT2D eigenvalue weighted by molar-refractivity contribution is 5.94. The van der Waals surface area contributed by atoms with Gasteiger partial charge in [-0.2, -0.15) is 13.2 Å². The van der Waals surface area contributed by atoms with E-state index in [1.54, 1.807) is 5.32 Å². The number of anilines is 1. The smallest absolute Gasteiger partial charge is 0.465 e. The zero-order valence-corrected chi connectivity index (χ0v) is 10.6. The molecule has 1 saturated heterocycles. The van der Waals surface area contributed by atoms with Crippen molar-refractivity contribution in [3.05, 3.63) is 24.3 Å². The van der Waals surface area contributed by atoms with Gasteiger partial charge in [0.2, 0.25) is 0 Å². The second-order valence-corrected chi connectivity index (χ2v) is 4.39. The summed E-state index contributed by atoms with van der Waals surface area (Å²) < 4.78 is 47.1. The van der Waals surface area contributed by atoms with Gasteiger partial charge in [-0.1, -0.05) is 0 Å². The first-order valence-corrected chi connectivity index (χ1v) is 6.21. The van der Waals surface area contributed by atoms with Gasteiger partial charge in [-0.05, 0) is 37.1 Å². The summed E-state index contributed by atoms with van der Waals surface area (Å²) in [7, 11) is 0. The topological polar surface area (TPSA) is 47.6 Å². The molecule has 0 radical (unpaired) electrons. The van der Waals surface area contributed by atoms with Crippen molar-refractivity contribution in [3.63, 3.8) is 0 Å². The summed E-state index contributed by atoms with van der Waals surface area (Å²) in [5, 5.41) is 1.76. The minimum Gasteiger partial charge on any atom is -0.465 e. The van der Waals surface area contributed by atoms with Gasteiger partial charge < -0.3 is 14.8 Å². The Morgan fingerprint density at radius 2 is 1.95 bits per heavy atom. The van der Waals surface area contributed by atoms with Crippen LogP contribution in [0.1, 0.15) is 19.3 Å². The second kappa shape index (κ2) is 6.13. The zero-order valence-electron chi connectivity index (χ0n) is 10.6. The van der Waals surface area contributed by atoms with Crippen LogP contribution in [0.3, 0.4) is 0 Å². The number of carbonyl (C=O) groups excluding carboxylic acids is 1. The molecule has 1 aliphatic rings. The van der Waals surface area contributed by atoms with Crippen molar-refractivity contribution in [2.24, 2.45) is 0 Å². The SMILES string of the molecule is O=C(Nc1ccc(OC2CCCCO2)cc1)C(F)(F)F. The molecule has 7 heteroatoms. The molecule has 1 heterocycles. The number of halogens is 3. The Labute approximate surface area is 113 Å². The molecule has 1 aliphatic heterocycles. The molecule has 1 N–H and O–H groups in total. The van der Waals surface area contributed by atoms with Crippen LogP contribution in [0.4, 0.5) is 18.9 Å². The quantitative estimate of drug-likeness (QED) is 0.930. The fourth-order valence-corrected chi connectivity index (χ4v) is 1.77. The number of ether oxygens (including phenoxy) is 2. The van der Waals surface area contributed by atoms with Gasteiger partial charge in [-0.25, -0.2) is 0 Å². The third-order valence-corrected chi connectivity index (χ3v) is 2.78. The lowest BCUT2D eigenvalue weighted by molar-refractivity contribution is -0.167. The number of alkyl halides is 3. The Hall–Kier alpha value is -1.76. The molecule has 0 aliphatic carbocycles. The second-order valence-electron chi connectivity index (χ2n) is 4.39. The van der Waals surface area contributed by atoms with E-state index in [-0.39, 0.29) is 12.0 Å². The molecule has 20 heavy (non-hydrogen) atoms. The zero-order chi connectivity index (χ0) is 14.6. The van der Waals surface area contributed by atoms with E-state index in [1.807, 2.05) is 0 Å². The van der Waals surface area contributed by atoms with Crippen molar-refractivity contribution in [2.45, 2.75) is 31.7 Å². The lowest BCUT2D eigenvalue weighted by Gasteiger charge is -2.23. The maximum Gasteiger partial charge on any atom is 0.471 e. The number of nitrogens with one attached hydrogen (secondary N) is 1. The summed E-state index contributed by atoms with van der Waals surface area (Å²) in [6.45, 7) is 0.643. The third kappa shape index (κ3) is 4.12. The lowest BCUT2D eigenvalue weighted by atomic mass is 10.2. The Balaban J connectivity index is 1.91. The van der Waals surface area contributed by atoms with Crippen LogP contribution >= 0.6 is 0 Å². The first-order valence-electron chi connectivity index (χ1n) is 6.21. The highest BCUT2D eigenvalue weighted by Crippen LogP contribution is 2.22. The van der Waals surface area contributed by atoms with E-state index in [0.29, 0.717) is 12.4 Å². The summed E-state index contributed by atoms with van der Waals surface area (Å²) in [6.07, 6.45) is -2.41. The van der Waals surface area contributed by atoms with Gasteiger partial charge in [-0.15, -0.1) is 0 Å². The van der Waals surface area contributed by atoms with Crippen LogP contribution < -0.4 is 10.1 Å². The average Bonchev–Trinajstić information content (AvgIpc) is 2.41. The van der Waals surface area contributed by atoms with Crippen LogP contribution in [-0.2, 0) is 9.53 Å². The first-order chi connectivity index (χ1) is 9.45. The van der Waals surface area contributed by atoms with Crippen molar-refractivity contribution in [1.29, 1.82) is 0 Å². The van der Waals surface area contributed by atoms with Gasteiger partial charge in [0.05, 0.1) is 6.61 Å². The molecule has 4 nitrogen and oxygen atoms in total. The van der Waals surface area contributed by atoms with E-state index in [9.17, 15) is 18.0 Å². The van der Waals surface area contributed by atoms with Gasteiger partial charge in [0.1, 0.15) is 5.75 Å². The fourth-order valence-electron chi connectivity index (χ4n) is 1.77. The standard InChI is InChI=1S/C13H14F3NO3/c14-13(15,16)12(18)17-9-4-6-10(7-5-9)20-11-3-1-2-8-19-11/h4-7,11H,1-3,8H2,(H,17,18). The summed E-state index contributed by atoms with van der Waals surface area (Å²) in [6, 6.07) is 5.68. The number of benzene rings is 1. The van der Waals surface area contributed by atoms with Crippen molar-refractivity contribution >= 4 is 11.6 Å². The van der Waals surface area contributed by atoms with Crippen LogP contribution in [-0.4, -0.2) is 25.0 Å². The lowest BCUT2D eigenvalue weighted by Crippen LogP contribution is -2.29. The fraction of sp³-hybridized carbons (Fsp3) is 0.462. The van der Waals surface area contributed by atoms with E-state index >= 15 is 0 Å². The molecule has 0 saturated carbocycles. The summed E-state index contributed by atoms with van der Waals surface area (Å²) in [5.74, 6) is -1.51. The molecular weight excluding hydrogens is 275 g/mol. The van der Waals surface area contributed by atoms with Gasteiger partial charge >= 0.3 is 12.1 Å². The molecule has 110 valence electrons. The maximum absolute atomic E-state index is 12.1. The van der Waals surface area contributed by atoms with E-state index < -0.39 is 12.1 Å². The molecule has 1 fully saturated rings. The monoisotopic (exact) mass is 289 g/mol. The van der Waals surface area contributed by atoms with Crippen LogP contribution in [0.25, 0.3) is 0 Å². The van der Waals surface area contributed by atoms with Gasteiger partial charge in [0, 0.05) is 12.1 Å². The molecular formula is C13H14F3NO3. The van der Waals surface area contributed by atoms with Crippen LogP contribution in [0.5, 0.6) is 5.75 Å². The Bertz CT molecular complexity index is 453. The van der Waals surface area contributed by atoms with Crippen LogP contribution in [0, 0.1) is 0 Å². The molecule has 0 spiro atoms. The molecule has 1 atom stereocenters. The normalized spacial score (nSPS) is 19.4. The van der Waals surface area contributed by atoms with Crippen molar-refractivity contribution in [2.75, 3.05) is 11.9 Å². The predicted molar refractivity (Wildman–Crippen MR) is 65.3 cm³/mol. The molecule has 2 rings (SSSR count). The Kier molecular flexibility index (Phi) is 4.49. The molecule has 1 unspecified atom stereocenters. The minimum absolute atomic E-state index is 0.0595. The molecule has 0 aromatic heterocycles. The average molecular weight is 289 g/mol. The molecule has 1 aromatic carbocycles. The van der Waals surface area contributed by atoms with Crippen molar-refractivity contribution < 1.29 is 27.4 Å². The number of rotatable bonds is 3. The number of amides is 1. The van der Waals surface area contributed by atoms with Crippen LogP contribution in [0.2, 0.25) is 0 Å². The highest BCUT2D eigenvalue weighted by atomic mass is 19.4. The van der Waals surface area contributed by atoms with Gasteiger partial charge in [-0.3, -0.25) is 4.79 Å². The molecule has 1 aromatic rings. The van der Waals surface area contributed by atoms with Gasteiger partial charge in [0.15, 0.2) is 6.29 Å². The van der Waals surface area contributed by atoms with E-state index in [2.05, 4.69) is 0 Å². The van der Waals surface area contributed by atoms with E-state index in [0.717, 1.165) is 19.3 Å². The number of hydrogen-bond donors (Lipinski definition) is 1. The Morgan fingerprint density at radius 3 is 2.50 bits per heavy atom. The van der Waals surface area contributed by atoms with Crippen LogP contribution in [0.15, 0.2) is 24.3 Å². The molecule has 1 amide bonds. The largest absolute Gasteiger partial charge is 0.471 e. The van der Waals surface area contributed by atoms with E-state index in [4.69, 9.17) is 9.47 Å². The third-order valence-electron chi connectivity index (χ3n) is 2.78. The number of hydrogen-bond acceptors (Lipinski definition) is 3. The summed E-state index contributed by atoms with van der Waals surface area (Å²) in [5.41, 5.74) is 0.0595. The first kappa shape index (κ1) is 14.6. The van der Waals surface area contributed by atoms with E-state index in [1.165, 1.54) is 24.3 Å². The Morgan fingerprint density at radius 1 is 1.25 bits per heavy atom. The van der Waals surface area contributed by atoms with Crippen molar-refractivity contribution in [3.8, 4) is 5.75 Å².